The molecule has 0 aliphatic carbocycles. The molecule has 0 spiro atoms. The Morgan fingerprint density at radius 1 is 0.471 bits per heavy atom. The smallest absolute Gasteiger partial charge is 0.222 e. The first-order chi connectivity index (χ1) is 25.2. The quantitative estimate of drug-likeness (QED) is 0.0627. The van der Waals surface area contributed by atoms with Crippen LogP contribution in [0.5, 0.6) is 0 Å². The van der Waals surface area contributed by atoms with Crippen LogP contribution in [-0.4, -0.2) is 197 Å². The molecule has 0 fully saturated rings. The standard InChI is InChI=1S/C34H68N2O15/c1-39-8-9-41-12-13-43-16-17-45-20-21-47-24-25-49-28-29-51-31-30-50-27-26-48-23-22-46-19-18-44-15-14-42-11-10-40-7-5-34(38)36-6-3-2-4-33(35)32-37/h32-33H,2-31,35H2,1H3,(H,36,38)/t33-/m0/s1. The molecule has 0 bridgehead atoms. The van der Waals surface area contributed by atoms with Crippen molar-refractivity contribution in [2.24, 2.45) is 5.73 Å². The average molecular weight is 745 g/mol. The largest absolute Gasteiger partial charge is 0.382 e. The fraction of sp³-hybridized carbons (Fsp3) is 0.941. The SMILES string of the molecule is COCCOCCOCCOCCOCCOCCOCCOCCOCCOCCOCCOCCOCCC(=O)NCCCC[C@H](N)C=O. The number of carbonyl (C=O) groups is 2. The Balaban J connectivity index is 3.11. The van der Waals surface area contributed by atoms with Gasteiger partial charge in [-0.15, -0.1) is 0 Å². The van der Waals surface area contributed by atoms with Crippen LogP contribution in [-0.2, 0) is 71.2 Å². The van der Waals surface area contributed by atoms with Crippen molar-refractivity contribution in [1.29, 1.82) is 0 Å². The van der Waals surface area contributed by atoms with Crippen molar-refractivity contribution in [3.63, 3.8) is 0 Å². The van der Waals surface area contributed by atoms with Crippen LogP contribution in [0.1, 0.15) is 25.7 Å². The van der Waals surface area contributed by atoms with E-state index in [4.69, 9.17) is 67.3 Å². The number of unbranched alkanes of at least 4 members (excludes halogenated alkanes) is 1. The maximum atomic E-state index is 11.7. The Morgan fingerprint density at radius 3 is 1.02 bits per heavy atom. The second-order valence-electron chi connectivity index (χ2n) is 10.7. The van der Waals surface area contributed by atoms with Crippen LogP contribution in [0.15, 0.2) is 0 Å². The second kappa shape index (κ2) is 44.7. The normalized spacial score (nSPS) is 12.0. The number of methoxy groups -OCH3 is 1. The number of hydrogen-bond acceptors (Lipinski definition) is 16. The summed E-state index contributed by atoms with van der Waals surface area (Å²) in [5.74, 6) is -0.0597. The van der Waals surface area contributed by atoms with Crippen LogP contribution in [0.3, 0.4) is 0 Å². The topological polar surface area (TPSA) is 192 Å². The molecule has 1 atom stereocenters. The molecule has 0 saturated heterocycles. The van der Waals surface area contributed by atoms with Crippen LogP contribution in [0, 0.1) is 0 Å². The third-order valence-electron chi connectivity index (χ3n) is 6.46. The summed E-state index contributed by atoms with van der Waals surface area (Å²) in [7, 11) is 1.64. The van der Waals surface area contributed by atoms with Crippen LogP contribution in [0.4, 0.5) is 0 Å². The van der Waals surface area contributed by atoms with Crippen LogP contribution in [0.25, 0.3) is 0 Å². The molecule has 0 rings (SSSR count). The molecule has 0 aliphatic heterocycles. The Morgan fingerprint density at radius 2 is 0.745 bits per heavy atom. The Bertz CT molecular complexity index is 700. The highest BCUT2D eigenvalue weighted by Gasteiger charge is 2.03. The molecule has 17 heteroatoms. The fourth-order valence-electron chi connectivity index (χ4n) is 3.72. The Labute approximate surface area is 304 Å². The first-order valence-electron chi connectivity index (χ1n) is 18.1. The predicted octanol–water partition coefficient (Wildman–Crippen LogP) is 0.0348. The van der Waals surface area contributed by atoms with Crippen molar-refractivity contribution in [2.75, 3.05) is 179 Å². The van der Waals surface area contributed by atoms with Gasteiger partial charge in [-0.3, -0.25) is 4.79 Å². The van der Waals surface area contributed by atoms with Crippen molar-refractivity contribution in [3.05, 3.63) is 0 Å². The summed E-state index contributed by atoms with van der Waals surface area (Å²) in [6.45, 7) is 12.9. The highest BCUT2D eigenvalue weighted by atomic mass is 16.6. The Kier molecular flexibility index (Phi) is 43.5. The van der Waals surface area contributed by atoms with E-state index in [1.165, 1.54) is 0 Å². The minimum absolute atomic E-state index is 0.0597. The molecule has 0 saturated carbocycles. The zero-order valence-electron chi connectivity index (χ0n) is 31.1. The van der Waals surface area contributed by atoms with Gasteiger partial charge in [-0.2, -0.15) is 0 Å². The number of hydrogen-bond donors (Lipinski definition) is 2. The highest BCUT2D eigenvalue weighted by Crippen LogP contribution is 1.96. The van der Waals surface area contributed by atoms with Gasteiger partial charge in [0.2, 0.25) is 5.91 Å². The number of rotatable bonds is 45. The number of nitrogens with one attached hydrogen (secondary N) is 1. The monoisotopic (exact) mass is 744 g/mol. The van der Waals surface area contributed by atoms with Gasteiger partial charge in [-0.05, 0) is 19.3 Å². The van der Waals surface area contributed by atoms with E-state index in [-0.39, 0.29) is 5.91 Å². The van der Waals surface area contributed by atoms with Gasteiger partial charge < -0.3 is 77.4 Å². The molecule has 51 heavy (non-hydrogen) atoms. The van der Waals surface area contributed by atoms with Gasteiger partial charge in [0.1, 0.15) is 6.29 Å². The average Bonchev–Trinajstić information content (AvgIpc) is 3.14. The first kappa shape index (κ1) is 49.6. The summed E-state index contributed by atoms with van der Waals surface area (Å²) >= 11 is 0. The maximum absolute atomic E-state index is 11.7. The molecule has 0 aromatic rings. The van der Waals surface area contributed by atoms with Crippen LogP contribution >= 0.6 is 0 Å². The van der Waals surface area contributed by atoms with E-state index in [0.29, 0.717) is 185 Å². The summed E-state index contributed by atoms with van der Waals surface area (Å²) in [4.78, 5) is 22.2. The third kappa shape index (κ3) is 44.7. The van der Waals surface area contributed by atoms with E-state index in [0.717, 1.165) is 19.1 Å². The fourth-order valence-corrected chi connectivity index (χ4v) is 3.72. The van der Waals surface area contributed by atoms with Crippen molar-refractivity contribution in [3.8, 4) is 0 Å². The summed E-state index contributed by atoms with van der Waals surface area (Å²) in [6.07, 6.45) is 3.27. The van der Waals surface area contributed by atoms with E-state index >= 15 is 0 Å². The summed E-state index contributed by atoms with van der Waals surface area (Å²) in [5, 5.41) is 2.82. The molecule has 1 amide bonds. The van der Waals surface area contributed by atoms with Gasteiger partial charge in [0.05, 0.1) is 171 Å². The summed E-state index contributed by atoms with van der Waals surface area (Å²) < 4.78 is 70.2. The lowest BCUT2D eigenvalue weighted by Gasteiger charge is -2.09. The highest BCUT2D eigenvalue weighted by molar-refractivity contribution is 5.75. The minimum atomic E-state index is -0.417. The molecule has 3 N–H and O–H groups in total. The van der Waals surface area contributed by atoms with Gasteiger partial charge in [-0.1, -0.05) is 0 Å². The zero-order chi connectivity index (χ0) is 37.0. The number of nitrogens with two attached hydrogens (primary N) is 1. The van der Waals surface area contributed by atoms with Crippen molar-refractivity contribution in [2.45, 2.75) is 31.7 Å². The molecular formula is C34H68N2O15. The number of amides is 1. The lowest BCUT2D eigenvalue weighted by molar-refractivity contribution is -0.122. The number of aldehydes is 1. The number of ether oxygens (including phenoxy) is 13. The first-order valence-corrected chi connectivity index (χ1v) is 18.1. The minimum Gasteiger partial charge on any atom is -0.382 e. The van der Waals surface area contributed by atoms with Gasteiger partial charge in [0.25, 0.3) is 0 Å². The van der Waals surface area contributed by atoms with Crippen molar-refractivity contribution >= 4 is 12.2 Å². The predicted molar refractivity (Wildman–Crippen MR) is 187 cm³/mol. The van der Waals surface area contributed by atoms with E-state index in [1.807, 2.05) is 0 Å². The zero-order valence-corrected chi connectivity index (χ0v) is 31.1. The van der Waals surface area contributed by atoms with Crippen molar-refractivity contribution in [1.82, 2.24) is 5.32 Å². The maximum Gasteiger partial charge on any atom is 0.222 e. The molecule has 17 nitrogen and oxygen atoms in total. The summed E-state index contributed by atoms with van der Waals surface area (Å²) in [5.41, 5.74) is 5.52. The summed E-state index contributed by atoms with van der Waals surface area (Å²) in [6, 6.07) is -0.417. The van der Waals surface area contributed by atoms with E-state index < -0.39 is 6.04 Å². The lowest BCUT2D eigenvalue weighted by atomic mass is 10.1. The van der Waals surface area contributed by atoms with E-state index in [1.54, 1.807) is 7.11 Å². The molecule has 0 aliphatic rings. The molecule has 0 aromatic heterocycles. The molecule has 0 heterocycles. The van der Waals surface area contributed by atoms with Crippen LogP contribution in [0.2, 0.25) is 0 Å². The van der Waals surface area contributed by atoms with Crippen LogP contribution < -0.4 is 11.1 Å². The second-order valence-corrected chi connectivity index (χ2v) is 10.7. The van der Waals surface area contributed by atoms with Crippen molar-refractivity contribution < 1.29 is 71.2 Å². The van der Waals surface area contributed by atoms with Gasteiger partial charge >= 0.3 is 0 Å². The van der Waals surface area contributed by atoms with Gasteiger partial charge in [0.15, 0.2) is 0 Å². The molecule has 0 unspecified atom stereocenters. The molecular weight excluding hydrogens is 676 g/mol. The van der Waals surface area contributed by atoms with E-state index in [2.05, 4.69) is 5.32 Å². The third-order valence-corrected chi connectivity index (χ3v) is 6.46. The molecule has 0 aromatic carbocycles. The lowest BCUT2D eigenvalue weighted by Crippen LogP contribution is -2.26. The molecule has 304 valence electrons. The molecule has 0 radical (unpaired) electrons. The Hall–Kier alpha value is -1.42. The van der Waals surface area contributed by atoms with Gasteiger partial charge in [-0.25, -0.2) is 0 Å². The van der Waals surface area contributed by atoms with Gasteiger partial charge in [0, 0.05) is 20.1 Å². The van der Waals surface area contributed by atoms with E-state index in [9.17, 15) is 9.59 Å². The number of carbonyl (C=O) groups excluding carboxylic acids is 2.